The maximum atomic E-state index is 12.1. The van der Waals surface area contributed by atoms with Crippen molar-refractivity contribution in [3.8, 4) is 0 Å². The number of benzene rings is 1. The summed E-state index contributed by atoms with van der Waals surface area (Å²) in [5, 5.41) is 15.4. The average Bonchev–Trinajstić information content (AvgIpc) is 2.94. The van der Waals surface area contributed by atoms with Gasteiger partial charge in [-0.25, -0.2) is 0 Å². The molecule has 0 radical (unpaired) electrons. The molecule has 1 atom stereocenters. The number of rotatable bonds is 8. The van der Waals surface area contributed by atoms with E-state index in [0.29, 0.717) is 5.82 Å². The number of hydrogen-bond donors (Lipinski definition) is 2. The molecule has 1 heterocycles. The van der Waals surface area contributed by atoms with Gasteiger partial charge in [-0.15, -0.1) is 0 Å². The number of carboxylic acid groups (broad SMARTS) is 1. The summed E-state index contributed by atoms with van der Waals surface area (Å²) in [6.45, 7) is 1.66. The molecule has 6 nitrogen and oxygen atoms in total. The molecule has 0 bridgehead atoms. The Bertz CT molecular complexity index is 652. The fourth-order valence-electron chi connectivity index (χ4n) is 2.29. The number of carbonyl (C=O) groups excluding carboxylic acids is 1. The molecule has 2 rings (SSSR count). The highest BCUT2D eigenvalue weighted by Crippen LogP contribution is 2.13. The van der Waals surface area contributed by atoms with E-state index >= 15 is 0 Å². The molecular formula is C17H21N3O3. The lowest BCUT2D eigenvalue weighted by Crippen LogP contribution is -2.21. The molecule has 0 fully saturated rings. The number of aryl methyl sites for hydroxylation is 1. The van der Waals surface area contributed by atoms with Crippen LogP contribution < -0.4 is 5.32 Å². The normalized spacial score (nSPS) is 11.9. The van der Waals surface area contributed by atoms with Crippen molar-refractivity contribution in [2.45, 2.75) is 32.7 Å². The van der Waals surface area contributed by atoms with Crippen LogP contribution >= 0.6 is 0 Å². The first-order chi connectivity index (χ1) is 11.0. The van der Waals surface area contributed by atoms with Gasteiger partial charge in [0.25, 0.3) is 0 Å². The van der Waals surface area contributed by atoms with Crippen molar-refractivity contribution in [2.24, 2.45) is 5.92 Å². The summed E-state index contributed by atoms with van der Waals surface area (Å²) in [4.78, 5) is 22.7. The first-order valence-corrected chi connectivity index (χ1v) is 7.64. The summed E-state index contributed by atoms with van der Waals surface area (Å²) < 4.78 is 1.28. The lowest BCUT2D eigenvalue weighted by atomic mass is 10.0. The maximum absolute atomic E-state index is 12.1. The van der Waals surface area contributed by atoms with Gasteiger partial charge >= 0.3 is 5.97 Å². The molecule has 0 spiro atoms. The number of anilines is 1. The zero-order valence-electron chi connectivity index (χ0n) is 13.1. The molecule has 0 saturated carbocycles. The first kappa shape index (κ1) is 16.7. The van der Waals surface area contributed by atoms with E-state index in [1.165, 1.54) is 16.4 Å². The number of aromatic nitrogens is 2. The fraction of sp³-hybridized carbons (Fsp3) is 0.353. The number of hydrogen-bond acceptors (Lipinski definition) is 3. The Morgan fingerprint density at radius 3 is 2.70 bits per heavy atom. The van der Waals surface area contributed by atoms with E-state index < -0.39 is 5.97 Å². The molecule has 0 aliphatic carbocycles. The summed E-state index contributed by atoms with van der Waals surface area (Å²) in [5.41, 5.74) is 1.27. The molecule has 0 saturated heterocycles. The van der Waals surface area contributed by atoms with Gasteiger partial charge in [-0.2, -0.15) is 5.10 Å². The Morgan fingerprint density at radius 2 is 2.00 bits per heavy atom. The largest absolute Gasteiger partial charge is 0.480 e. The smallest absolute Gasteiger partial charge is 0.325 e. The van der Waals surface area contributed by atoms with Crippen molar-refractivity contribution >= 4 is 17.7 Å². The number of aliphatic carboxylic acids is 1. The molecule has 6 heteroatoms. The lowest BCUT2D eigenvalue weighted by molar-refractivity contribution is -0.137. The van der Waals surface area contributed by atoms with Gasteiger partial charge < -0.3 is 10.4 Å². The first-order valence-electron chi connectivity index (χ1n) is 7.64. The number of nitrogens with one attached hydrogen (secondary N) is 1. The molecule has 2 N–H and O–H groups in total. The Hall–Kier alpha value is -2.63. The highest BCUT2D eigenvalue weighted by atomic mass is 16.4. The van der Waals surface area contributed by atoms with Crippen LogP contribution in [0.4, 0.5) is 5.82 Å². The Labute approximate surface area is 135 Å². The second kappa shape index (κ2) is 8.12. The van der Waals surface area contributed by atoms with Crippen molar-refractivity contribution < 1.29 is 14.7 Å². The fourth-order valence-corrected chi connectivity index (χ4v) is 2.29. The predicted octanol–water partition coefficient (Wildman–Crippen LogP) is 2.57. The monoisotopic (exact) mass is 315 g/mol. The van der Waals surface area contributed by atoms with Crippen LogP contribution in [0.25, 0.3) is 0 Å². The predicted molar refractivity (Wildman–Crippen MR) is 87.0 cm³/mol. The molecule has 1 amide bonds. The SMILES string of the molecule is CC(CCCc1ccccc1)C(=O)Nc1ccn(CC(=O)O)n1. The minimum atomic E-state index is -0.972. The van der Waals surface area contributed by atoms with Crippen molar-refractivity contribution in [1.29, 1.82) is 0 Å². The average molecular weight is 315 g/mol. The van der Waals surface area contributed by atoms with Gasteiger partial charge in [0.2, 0.25) is 5.91 Å². The summed E-state index contributed by atoms with van der Waals surface area (Å²) in [6.07, 6.45) is 4.21. The van der Waals surface area contributed by atoms with Crippen LogP contribution in [0.1, 0.15) is 25.3 Å². The van der Waals surface area contributed by atoms with Gasteiger partial charge in [-0.3, -0.25) is 14.3 Å². The minimum Gasteiger partial charge on any atom is -0.480 e. The third-order valence-electron chi connectivity index (χ3n) is 3.58. The van der Waals surface area contributed by atoms with Crippen molar-refractivity contribution in [2.75, 3.05) is 5.32 Å². The molecule has 1 unspecified atom stereocenters. The van der Waals surface area contributed by atoms with E-state index in [4.69, 9.17) is 5.11 Å². The number of carboxylic acids is 1. The molecule has 23 heavy (non-hydrogen) atoms. The van der Waals surface area contributed by atoms with Crippen molar-refractivity contribution in [3.05, 3.63) is 48.2 Å². The van der Waals surface area contributed by atoms with E-state index in [2.05, 4.69) is 22.5 Å². The van der Waals surface area contributed by atoms with Crippen molar-refractivity contribution in [3.63, 3.8) is 0 Å². The lowest BCUT2D eigenvalue weighted by Gasteiger charge is -2.10. The van der Waals surface area contributed by atoms with Crippen LogP contribution in [-0.4, -0.2) is 26.8 Å². The van der Waals surface area contributed by atoms with Crippen LogP contribution in [0, 0.1) is 5.92 Å². The van der Waals surface area contributed by atoms with Crippen LogP contribution in [0.5, 0.6) is 0 Å². The summed E-state index contributed by atoms with van der Waals surface area (Å²) in [5.74, 6) is -0.812. The number of carbonyl (C=O) groups is 2. The van der Waals surface area contributed by atoms with E-state index in [9.17, 15) is 9.59 Å². The second-order valence-corrected chi connectivity index (χ2v) is 5.56. The van der Waals surface area contributed by atoms with Gasteiger partial charge in [0, 0.05) is 18.2 Å². The summed E-state index contributed by atoms with van der Waals surface area (Å²) in [7, 11) is 0. The minimum absolute atomic E-state index is 0.0985. The zero-order valence-corrected chi connectivity index (χ0v) is 13.1. The Balaban J connectivity index is 1.76. The summed E-state index contributed by atoms with van der Waals surface area (Å²) >= 11 is 0. The van der Waals surface area contributed by atoms with Crippen LogP contribution in [0.2, 0.25) is 0 Å². The zero-order chi connectivity index (χ0) is 16.7. The molecule has 0 aliphatic heterocycles. The third kappa shape index (κ3) is 5.58. The van der Waals surface area contributed by atoms with Crippen LogP contribution in [-0.2, 0) is 22.6 Å². The number of amides is 1. The Morgan fingerprint density at radius 1 is 1.26 bits per heavy atom. The molecule has 122 valence electrons. The molecule has 2 aromatic rings. The molecule has 0 aliphatic rings. The topological polar surface area (TPSA) is 84.2 Å². The second-order valence-electron chi connectivity index (χ2n) is 5.56. The third-order valence-corrected chi connectivity index (χ3v) is 3.58. The van der Waals surface area contributed by atoms with Gasteiger partial charge in [-0.1, -0.05) is 37.3 Å². The van der Waals surface area contributed by atoms with E-state index in [1.807, 2.05) is 25.1 Å². The Kier molecular flexibility index (Phi) is 5.91. The summed E-state index contributed by atoms with van der Waals surface area (Å²) in [6, 6.07) is 11.8. The standard InChI is InChI=1S/C17H21N3O3/c1-13(6-5-9-14-7-3-2-4-8-14)17(23)18-15-10-11-20(19-15)12-16(21)22/h2-4,7-8,10-11,13H,5-6,9,12H2,1H3,(H,21,22)(H,18,19,23). The maximum Gasteiger partial charge on any atom is 0.325 e. The van der Waals surface area contributed by atoms with Gasteiger partial charge in [-0.05, 0) is 24.8 Å². The van der Waals surface area contributed by atoms with Gasteiger partial charge in [0.1, 0.15) is 6.54 Å². The van der Waals surface area contributed by atoms with E-state index in [0.717, 1.165) is 19.3 Å². The van der Waals surface area contributed by atoms with Gasteiger partial charge in [0.05, 0.1) is 0 Å². The quantitative estimate of drug-likeness (QED) is 0.784. The molecular weight excluding hydrogens is 294 g/mol. The van der Waals surface area contributed by atoms with Gasteiger partial charge in [0.15, 0.2) is 5.82 Å². The van der Waals surface area contributed by atoms with Crippen molar-refractivity contribution in [1.82, 2.24) is 9.78 Å². The molecule has 1 aromatic carbocycles. The van der Waals surface area contributed by atoms with E-state index in [1.54, 1.807) is 6.07 Å². The highest BCUT2D eigenvalue weighted by molar-refractivity contribution is 5.91. The van der Waals surface area contributed by atoms with Crippen LogP contribution in [0.3, 0.4) is 0 Å². The highest BCUT2D eigenvalue weighted by Gasteiger charge is 2.14. The van der Waals surface area contributed by atoms with E-state index in [-0.39, 0.29) is 18.4 Å². The molecule has 1 aromatic heterocycles. The van der Waals surface area contributed by atoms with Crippen LogP contribution in [0.15, 0.2) is 42.6 Å². The number of nitrogens with zero attached hydrogens (tertiary/aromatic N) is 2.